The molecule has 0 fully saturated rings. The maximum Gasteiger partial charge on any atom is 0.0592 e. The average molecular weight is 276 g/mol. The lowest BCUT2D eigenvalue weighted by molar-refractivity contribution is 0.597. The molecule has 0 saturated heterocycles. The van der Waals surface area contributed by atoms with Gasteiger partial charge in [0.1, 0.15) is 0 Å². The van der Waals surface area contributed by atoms with E-state index in [9.17, 15) is 0 Å². The Hall–Kier alpha value is -2.19. The maximum absolute atomic E-state index is 4.26. The summed E-state index contributed by atoms with van der Waals surface area (Å²) in [4.78, 5) is 4.26. The Morgan fingerprint density at radius 1 is 0.952 bits per heavy atom. The monoisotopic (exact) mass is 276 g/mol. The first kappa shape index (κ1) is 13.8. The number of hydrogen-bond acceptors (Lipinski definition) is 2. The molecule has 0 bridgehead atoms. The standard InChI is InChI=1S/C19H20N2/c1-2-11-21-19(18-8-5-12-20-14-18)17-10-9-15-6-3-4-7-16(15)13-17/h3-10,12-14,19,21H,2,11H2,1H3. The van der Waals surface area contributed by atoms with Crippen molar-refractivity contribution < 1.29 is 0 Å². The molecule has 106 valence electrons. The van der Waals surface area contributed by atoms with Crippen molar-refractivity contribution in [2.45, 2.75) is 19.4 Å². The number of nitrogens with zero attached hydrogens (tertiary/aromatic N) is 1. The van der Waals surface area contributed by atoms with E-state index in [0.29, 0.717) is 0 Å². The molecule has 0 aliphatic carbocycles. The van der Waals surface area contributed by atoms with Crippen LogP contribution in [0, 0.1) is 0 Å². The van der Waals surface area contributed by atoms with Crippen LogP contribution in [-0.2, 0) is 0 Å². The molecule has 2 heteroatoms. The minimum Gasteiger partial charge on any atom is -0.306 e. The zero-order valence-corrected chi connectivity index (χ0v) is 12.3. The molecule has 3 rings (SSSR count). The summed E-state index contributed by atoms with van der Waals surface area (Å²) in [6.07, 6.45) is 4.88. The molecule has 3 aromatic rings. The van der Waals surface area contributed by atoms with E-state index in [1.54, 1.807) is 0 Å². The summed E-state index contributed by atoms with van der Waals surface area (Å²) < 4.78 is 0. The fourth-order valence-electron chi connectivity index (χ4n) is 2.65. The molecule has 2 aromatic carbocycles. The van der Waals surface area contributed by atoms with Crippen LogP contribution in [0.1, 0.15) is 30.5 Å². The Balaban J connectivity index is 2.01. The number of rotatable bonds is 5. The molecule has 1 heterocycles. The Morgan fingerprint density at radius 3 is 2.57 bits per heavy atom. The third kappa shape index (κ3) is 3.11. The van der Waals surface area contributed by atoms with E-state index in [1.165, 1.54) is 21.9 Å². The average Bonchev–Trinajstić information content (AvgIpc) is 2.56. The van der Waals surface area contributed by atoms with E-state index in [1.807, 2.05) is 18.5 Å². The molecule has 0 aliphatic heterocycles. The van der Waals surface area contributed by atoms with E-state index in [-0.39, 0.29) is 6.04 Å². The normalized spacial score (nSPS) is 12.4. The number of pyridine rings is 1. The van der Waals surface area contributed by atoms with Crippen LogP contribution in [0.15, 0.2) is 67.0 Å². The van der Waals surface area contributed by atoms with Crippen LogP contribution < -0.4 is 5.32 Å². The molecule has 1 atom stereocenters. The van der Waals surface area contributed by atoms with Gasteiger partial charge in [-0.15, -0.1) is 0 Å². The lowest BCUT2D eigenvalue weighted by Gasteiger charge is -2.19. The van der Waals surface area contributed by atoms with Crippen LogP contribution in [0.25, 0.3) is 10.8 Å². The fourth-order valence-corrected chi connectivity index (χ4v) is 2.65. The summed E-state index contributed by atoms with van der Waals surface area (Å²) in [6, 6.07) is 19.5. The molecule has 21 heavy (non-hydrogen) atoms. The van der Waals surface area contributed by atoms with Crippen molar-refractivity contribution in [3.8, 4) is 0 Å². The zero-order chi connectivity index (χ0) is 14.5. The van der Waals surface area contributed by atoms with Gasteiger partial charge >= 0.3 is 0 Å². The van der Waals surface area contributed by atoms with E-state index in [0.717, 1.165) is 13.0 Å². The first-order valence-electron chi connectivity index (χ1n) is 7.50. The highest BCUT2D eigenvalue weighted by atomic mass is 14.9. The SMILES string of the molecule is CCCNC(c1cccnc1)c1ccc2ccccc2c1. The summed E-state index contributed by atoms with van der Waals surface area (Å²) in [5, 5.41) is 6.19. The second kappa shape index (κ2) is 6.51. The van der Waals surface area contributed by atoms with Crippen LogP contribution >= 0.6 is 0 Å². The van der Waals surface area contributed by atoms with Gasteiger partial charge in [-0.2, -0.15) is 0 Å². The van der Waals surface area contributed by atoms with Gasteiger partial charge < -0.3 is 5.32 Å². The minimum absolute atomic E-state index is 0.197. The van der Waals surface area contributed by atoms with Crippen molar-refractivity contribution in [3.63, 3.8) is 0 Å². The van der Waals surface area contributed by atoms with Crippen molar-refractivity contribution in [3.05, 3.63) is 78.1 Å². The van der Waals surface area contributed by atoms with Crippen LogP contribution in [0.2, 0.25) is 0 Å². The second-order valence-electron chi connectivity index (χ2n) is 5.28. The molecule has 0 saturated carbocycles. The highest BCUT2D eigenvalue weighted by molar-refractivity contribution is 5.83. The summed E-state index contributed by atoms with van der Waals surface area (Å²) in [5.74, 6) is 0. The van der Waals surface area contributed by atoms with Crippen molar-refractivity contribution in [2.75, 3.05) is 6.54 Å². The zero-order valence-electron chi connectivity index (χ0n) is 12.3. The van der Waals surface area contributed by atoms with Gasteiger partial charge in [-0.1, -0.05) is 49.4 Å². The quantitative estimate of drug-likeness (QED) is 0.750. The third-order valence-corrected chi connectivity index (χ3v) is 3.72. The molecule has 1 N–H and O–H groups in total. The van der Waals surface area contributed by atoms with Crippen LogP contribution in [0.5, 0.6) is 0 Å². The second-order valence-corrected chi connectivity index (χ2v) is 5.28. The molecule has 2 nitrogen and oxygen atoms in total. The lowest BCUT2D eigenvalue weighted by atomic mass is 9.97. The minimum atomic E-state index is 0.197. The van der Waals surface area contributed by atoms with Crippen molar-refractivity contribution in [1.82, 2.24) is 10.3 Å². The van der Waals surface area contributed by atoms with Crippen molar-refractivity contribution in [1.29, 1.82) is 0 Å². The molecular formula is C19H20N2. The van der Waals surface area contributed by atoms with E-state index in [4.69, 9.17) is 0 Å². The number of fused-ring (bicyclic) bond motifs is 1. The number of benzene rings is 2. The molecule has 0 amide bonds. The van der Waals surface area contributed by atoms with Crippen molar-refractivity contribution in [2.24, 2.45) is 0 Å². The summed E-state index contributed by atoms with van der Waals surface area (Å²) in [5.41, 5.74) is 2.50. The Labute approximate surface area is 125 Å². The number of hydrogen-bond donors (Lipinski definition) is 1. The molecule has 0 spiro atoms. The Morgan fingerprint density at radius 2 is 1.81 bits per heavy atom. The van der Waals surface area contributed by atoms with Gasteiger partial charge in [-0.25, -0.2) is 0 Å². The Kier molecular flexibility index (Phi) is 4.27. The number of nitrogens with one attached hydrogen (secondary N) is 1. The molecule has 0 radical (unpaired) electrons. The van der Waals surface area contributed by atoms with Gasteiger partial charge in [0.05, 0.1) is 6.04 Å². The summed E-state index contributed by atoms with van der Waals surface area (Å²) in [7, 11) is 0. The van der Waals surface area contributed by atoms with Gasteiger partial charge in [0.25, 0.3) is 0 Å². The van der Waals surface area contributed by atoms with Gasteiger partial charge in [-0.05, 0) is 47.0 Å². The largest absolute Gasteiger partial charge is 0.306 e. The lowest BCUT2D eigenvalue weighted by Crippen LogP contribution is -2.23. The van der Waals surface area contributed by atoms with Gasteiger partial charge in [0.15, 0.2) is 0 Å². The molecule has 1 unspecified atom stereocenters. The smallest absolute Gasteiger partial charge is 0.0592 e. The number of aromatic nitrogens is 1. The van der Waals surface area contributed by atoms with Gasteiger partial charge in [-0.3, -0.25) is 4.98 Å². The first-order valence-corrected chi connectivity index (χ1v) is 7.50. The summed E-state index contributed by atoms with van der Waals surface area (Å²) in [6.45, 7) is 3.18. The van der Waals surface area contributed by atoms with Crippen LogP contribution in [0.4, 0.5) is 0 Å². The topological polar surface area (TPSA) is 24.9 Å². The highest BCUT2D eigenvalue weighted by Crippen LogP contribution is 2.25. The predicted molar refractivity (Wildman–Crippen MR) is 88.3 cm³/mol. The van der Waals surface area contributed by atoms with E-state index >= 15 is 0 Å². The van der Waals surface area contributed by atoms with Crippen LogP contribution in [0.3, 0.4) is 0 Å². The van der Waals surface area contributed by atoms with Crippen LogP contribution in [-0.4, -0.2) is 11.5 Å². The molecular weight excluding hydrogens is 256 g/mol. The van der Waals surface area contributed by atoms with Crippen molar-refractivity contribution >= 4 is 10.8 Å². The molecule has 1 aromatic heterocycles. The van der Waals surface area contributed by atoms with E-state index < -0.39 is 0 Å². The fraction of sp³-hybridized carbons (Fsp3) is 0.211. The molecule has 0 aliphatic rings. The third-order valence-electron chi connectivity index (χ3n) is 3.72. The van der Waals surface area contributed by atoms with Gasteiger partial charge in [0.2, 0.25) is 0 Å². The predicted octanol–water partition coefficient (Wildman–Crippen LogP) is 4.32. The Bertz CT molecular complexity index is 707. The summed E-state index contributed by atoms with van der Waals surface area (Å²) >= 11 is 0. The first-order chi connectivity index (χ1) is 10.4. The van der Waals surface area contributed by atoms with E-state index in [2.05, 4.69) is 65.8 Å². The maximum atomic E-state index is 4.26. The van der Waals surface area contributed by atoms with Gasteiger partial charge in [0, 0.05) is 12.4 Å². The highest BCUT2D eigenvalue weighted by Gasteiger charge is 2.13.